The third kappa shape index (κ3) is 1.83. The third-order valence-corrected chi connectivity index (χ3v) is 2.42. The zero-order valence-corrected chi connectivity index (χ0v) is 8.19. The number of anilines is 2. The van der Waals surface area contributed by atoms with Gasteiger partial charge in [0, 0.05) is 13.0 Å². The second-order valence-electron chi connectivity index (χ2n) is 3.53. The van der Waals surface area contributed by atoms with Crippen molar-refractivity contribution >= 4 is 17.3 Å². The van der Waals surface area contributed by atoms with Crippen molar-refractivity contribution in [2.75, 3.05) is 23.7 Å². The maximum Gasteiger partial charge on any atom is 0.276 e. The number of hydrogen-bond donors (Lipinski definition) is 2. The fourth-order valence-corrected chi connectivity index (χ4v) is 1.67. The number of hydrogen-bond acceptors (Lipinski definition) is 5. The Morgan fingerprint density at radius 1 is 1.47 bits per heavy atom. The lowest BCUT2D eigenvalue weighted by Crippen LogP contribution is -2.37. The van der Waals surface area contributed by atoms with Crippen molar-refractivity contribution in [1.29, 1.82) is 0 Å². The van der Waals surface area contributed by atoms with E-state index in [2.05, 4.69) is 9.97 Å². The summed E-state index contributed by atoms with van der Waals surface area (Å²) in [6.07, 6.45) is 2.68. The molecular weight excluding hydrogens is 196 g/mol. The number of carbonyl (C=O) groups is 1. The normalized spacial score (nSPS) is 16.8. The number of carbonyl (C=O) groups excluding carboxylic acids is 1. The summed E-state index contributed by atoms with van der Waals surface area (Å²) in [5.74, 6) is 0.564. The Bertz CT molecular complexity index is 440. The van der Waals surface area contributed by atoms with Gasteiger partial charge in [-0.2, -0.15) is 0 Å². The number of nitrogens with zero attached hydrogens (tertiary/aromatic N) is 2. The molecule has 0 amide bonds. The minimum atomic E-state index is -0.363. The highest BCUT2D eigenvalue weighted by Gasteiger charge is 2.20. The van der Waals surface area contributed by atoms with E-state index >= 15 is 0 Å². The Labute approximate surface area is 86.1 Å². The maximum atomic E-state index is 11.2. The lowest BCUT2D eigenvalue weighted by atomic mass is 10.1. The number of piperidine rings is 1. The standard InChI is InChI=1S/C9H12N4O2/c10-7-8(11-5-12-9(7)15)13-3-1-2-6(14)4-13/h5H,1-4,10H2,(H,11,12,15). The van der Waals surface area contributed by atoms with Crippen LogP contribution < -0.4 is 16.2 Å². The average molecular weight is 208 g/mol. The van der Waals surface area contributed by atoms with Crippen LogP contribution in [0, 0.1) is 0 Å². The number of aromatic amines is 1. The molecule has 1 saturated heterocycles. The van der Waals surface area contributed by atoms with E-state index < -0.39 is 0 Å². The zero-order chi connectivity index (χ0) is 10.8. The SMILES string of the molecule is Nc1c(N2CCCC(=O)C2)nc[nH]c1=O. The molecule has 0 spiro atoms. The van der Waals surface area contributed by atoms with Gasteiger partial charge in [-0.25, -0.2) is 4.98 Å². The van der Waals surface area contributed by atoms with Gasteiger partial charge in [-0.15, -0.1) is 0 Å². The van der Waals surface area contributed by atoms with Crippen molar-refractivity contribution in [2.45, 2.75) is 12.8 Å². The lowest BCUT2D eigenvalue weighted by Gasteiger charge is -2.27. The van der Waals surface area contributed by atoms with Gasteiger partial charge in [0.2, 0.25) is 0 Å². The van der Waals surface area contributed by atoms with Gasteiger partial charge >= 0.3 is 0 Å². The highest BCUT2D eigenvalue weighted by atomic mass is 16.1. The summed E-state index contributed by atoms with van der Waals surface area (Å²) in [5, 5.41) is 0. The van der Waals surface area contributed by atoms with Crippen molar-refractivity contribution in [1.82, 2.24) is 9.97 Å². The predicted molar refractivity (Wildman–Crippen MR) is 55.7 cm³/mol. The van der Waals surface area contributed by atoms with E-state index in [4.69, 9.17) is 5.73 Å². The highest BCUT2D eigenvalue weighted by Crippen LogP contribution is 2.18. The van der Waals surface area contributed by atoms with Crippen LogP contribution in [0.2, 0.25) is 0 Å². The molecule has 6 nitrogen and oxygen atoms in total. The lowest BCUT2D eigenvalue weighted by molar-refractivity contribution is -0.118. The molecule has 0 saturated carbocycles. The van der Waals surface area contributed by atoms with Gasteiger partial charge in [-0.3, -0.25) is 9.59 Å². The van der Waals surface area contributed by atoms with Crippen molar-refractivity contribution in [3.63, 3.8) is 0 Å². The molecule has 0 radical (unpaired) electrons. The van der Waals surface area contributed by atoms with Crippen LogP contribution in [0.5, 0.6) is 0 Å². The summed E-state index contributed by atoms with van der Waals surface area (Å²) in [4.78, 5) is 30.6. The fourth-order valence-electron chi connectivity index (χ4n) is 1.67. The van der Waals surface area contributed by atoms with Crippen LogP contribution >= 0.6 is 0 Å². The molecule has 3 N–H and O–H groups in total. The largest absolute Gasteiger partial charge is 0.391 e. The molecular formula is C9H12N4O2. The number of nitrogens with one attached hydrogen (secondary N) is 1. The number of aromatic nitrogens is 2. The summed E-state index contributed by atoms with van der Waals surface area (Å²) in [6, 6.07) is 0. The molecule has 0 bridgehead atoms. The van der Waals surface area contributed by atoms with Gasteiger partial charge in [0.15, 0.2) is 11.6 Å². The van der Waals surface area contributed by atoms with Crippen molar-refractivity contribution < 1.29 is 4.79 Å². The molecule has 1 aromatic heterocycles. The van der Waals surface area contributed by atoms with Crippen LogP contribution in [0.3, 0.4) is 0 Å². The molecule has 2 heterocycles. The smallest absolute Gasteiger partial charge is 0.276 e. The van der Waals surface area contributed by atoms with E-state index in [0.717, 1.165) is 6.42 Å². The summed E-state index contributed by atoms with van der Waals surface area (Å²) in [6.45, 7) is 1.01. The minimum Gasteiger partial charge on any atom is -0.391 e. The molecule has 0 atom stereocenters. The summed E-state index contributed by atoms with van der Waals surface area (Å²) in [5.41, 5.74) is 5.31. The number of Topliss-reactive ketones (excluding diaryl/α,β-unsaturated/α-hetero) is 1. The Morgan fingerprint density at radius 3 is 3.00 bits per heavy atom. The molecule has 1 fully saturated rings. The van der Waals surface area contributed by atoms with Crippen molar-refractivity contribution in [3.05, 3.63) is 16.7 Å². The fraction of sp³-hybridized carbons (Fsp3) is 0.444. The quantitative estimate of drug-likeness (QED) is 0.650. The number of rotatable bonds is 1. The first-order valence-corrected chi connectivity index (χ1v) is 4.78. The van der Waals surface area contributed by atoms with Gasteiger partial charge in [-0.1, -0.05) is 0 Å². The van der Waals surface area contributed by atoms with Gasteiger partial charge in [0.25, 0.3) is 5.56 Å². The number of ketones is 1. The van der Waals surface area contributed by atoms with E-state index in [1.54, 1.807) is 4.90 Å². The average Bonchev–Trinajstić information content (AvgIpc) is 2.22. The van der Waals surface area contributed by atoms with Crippen LogP contribution in [0.25, 0.3) is 0 Å². The maximum absolute atomic E-state index is 11.2. The van der Waals surface area contributed by atoms with Gasteiger partial charge in [0.05, 0.1) is 12.9 Å². The number of nitrogens with two attached hydrogens (primary N) is 1. The topological polar surface area (TPSA) is 92.1 Å². The molecule has 0 aliphatic carbocycles. The van der Waals surface area contributed by atoms with E-state index in [1.165, 1.54) is 6.33 Å². The van der Waals surface area contributed by atoms with E-state index in [1.807, 2.05) is 0 Å². The van der Waals surface area contributed by atoms with E-state index in [9.17, 15) is 9.59 Å². The Hall–Kier alpha value is -1.85. The molecule has 15 heavy (non-hydrogen) atoms. The molecule has 1 aliphatic heterocycles. The molecule has 6 heteroatoms. The van der Waals surface area contributed by atoms with Crippen LogP contribution in [-0.4, -0.2) is 28.8 Å². The zero-order valence-electron chi connectivity index (χ0n) is 8.19. The Morgan fingerprint density at radius 2 is 2.27 bits per heavy atom. The molecule has 1 aromatic rings. The Kier molecular flexibility index (Phi) is 2.40. The van der Waals surface area contributed by atoms with Crippen LogP contribution in [0.15, 0.2) is 11.1 Å². The van der Waals surface area contributed by atoms with E-state index in [-0.39, 0.29) is 17.0 Å². The predicted octanol–water partition coefficient (Wildman–Crippen LogP) is -0.479. The molecule has 1 aliphatic rings. The summed E-state index contributed by atoms with van der Waals surface area (Å²) < 4.78 is 0. The van der Waals surface area contributed by atoms with Gasteiger partial charge in [-0.05, 0) is 6.42 Å². The molecule has 0 unspecified atom stereocenters. The van der Waals surface area contributed by atoms with Crippen molar-refractivity contribution in [3.8, 4) is 0 Å². The minimum absolute atomic E-state index is 0.0761. The molecule has 2 rings (SSSR count). The monoisotopic (exact) mass is 208 g/mol. The summed E-state index contributed by atoms with van der Waals surface area (Å²) in [7, 11) is 0. The van der Waals surface area contributed by atoms with Crippen molar-refractivity contribution in [2.24, 2.45) is 0 Å². The Balaban J connectivity index is 2.32. The third-order valence-electron chi connectivity index (χ3n) is 2.42. The van der Waals surface area contributed by atoms with E-state index in [0.29, 0.717) is 25.3 Å². The number of H-pyrrole nitrogens is 1. The second-order valence-corrected chi connectivity index (χ2v) is 3.53. The first kappa shape index (κ1) is 9.70. The second kappa shape index (κ2) is 3.72. The van der Waals surface area contributed by atoms with Gasteiger partial charge < -0.3 is 15.6 Å². The highest BCUT2D eigenvalue weighted by molar-refractivity contribution is 5.85. The van der Waals surface area contributed by atoms with Crippen LogP contribution in [-0.2, 0) is 4.79 Å². The number of nitrogen functional groups attached to an aromatic ring is 1. The molecule has 80 valence electrons. The summed E-state index contributed by atoms with van der Waals surface area (Å²) >= 11 is 0. The van der Waals surface area contributed by atoms with Gasteiger partial charge in [0.1, 0.15) is 5.69 Å². The van der Waals surface area contributed by atoms with Crippen LogP contribution in [0.4, 0.5) is 11.5 Å². The molecule has 0 aromatic carbocycles. The van der Waals surface area contributed by atoms with Crippen LogP contribution in [0.1, 0.15) is 12.8 Å². The first-order valence-electron chi connectivity index (χ1n) is 4.78. The first-order chi connectivity index (χ1) is 7.18.